The number of esters is 1. The van der Waals surface area contributed by atoms with Crippen LogP contribution >= 0.6 is 0 Å². The number of aromatic nitrogens is 1. The van der Waals surface area contributed by atoms with E-state index >= 15 is 0 Å². The summed E-state index contributed by atoms with van der Waals surface area (Å²) in [4.78, 5) is 57.2. The van der Waals surface area contributed by atoms with Crippen molar-refractivity contribution in [1.29, 1.82) is 0 Å². The molecule has 2 heterocycles. The van der Waals surface area contributed by atoms with Gasteiger partial charge in [-0.3, -0.25) is 29.2 Å². The number of rotatable bonds is 10. The molecular formula is C30H41N5O6. The molecule has 0 unspecified atom stereocenters. The maximum absolute atomic E-state index is 13.5. The van der Waals surface area contributed by atoms with Gasteiger partial charge in [0.15, 0.2) is 6.10 Å². The molecule has 2 aromatic rings. The van der Waals surface area contributed by atoms with E-state index in [1.807, 2.05) is 56.3 Å². The zero-order valence-corrected chi connectivity index (χ0v) is 24.6. The molecule has 0 saturated carbocycles. The fourth-order valence-electron chi connectivity index (χ4n) is 4.74. The maximum atomic E-state index is 13.5. The summed E-state index contributed by atoms with van der Waals surface area (Å²) in [6.07, 6.45) is 3.92. The number of amides is 3. The van der Waals surface area contributed by atoms with Crippen LogP contribution in [0.5, 0.6) is 0 Å². The summed E-state index contributed by atoms with van der Waals surface area (Å²) in [5.74, 6) is -2.44. The molecule has 4 atom stereocenters. The number of benzene rings is 1. The van der Waals surface area contributed by atoms with Crippen LogP contribution in [0, 0.1) is 5.92 Å². The van der Waals surface area contributed by atoms with Crippen molar-refractivity contribution in [1.82, 2.24) is 25.6 Å². The highest BCUT2D eigenvalue weighted by atomic mass is 16.5. The number of nitrogens with zero attached hydrogens (tertiary/aromatic N) is 3. The molecule has 1 saturated heterocycles. The van der Waals surface area contributed by atoms with Crippen LogP contribution in [0.3, 0.4) is 0 Å². The van der Waals surface area contributed by atoms with E-state index in [0.717, 1.165) is 22.2 Å². The lowest BCUT2D eigenvalue weighted by molar-refractivity contribution is -0.158. The highest BCUT2D eigenvalue weighted by molar-refractivity contribution is 5.91. The lowest BCUT2D eigenvalue weighted by atomic mass is 10.0. The number of nitrogens with one attached hydrogen (secondary N) is 2. The van der Waals surface area contributed by atoms with E-state index in [4.69, 9.17) is 9.72 Å². The quantitative estimate of drug-likeness (QED) is 0.372. The minimum atomic E-state index is -1.27. The van der Waals surface area contributed by atoms with Crippen molar-refractivity contribution in [3.05, 3.63) is 47.7 Å². The third-order valence-electron chi connectivity index (χ3n) is 7.16. The maximum Gasteiger partial charge on any atom is 0.303 e. The van der Waals surface area contributed by atoms with Crippen molar-refractivity contribution < 1.29 is 29.0 Å². The van der Waals surface area contributed by atoms with E-state index in [9.17, 15) is 24.3 Å². The highest BCUT2D eigenvalue weighted by Gasteiger charge is 2.36. The molecule has 11 heteroatoms. The summed E-state index contributed by atoms with van der Waals surface area (Å²) < 4.78 is 5.09. The van der Waals surface area contributed by atoms with Crippen LogP contribution in [0.2, 0.25) is 0 Å². The molecule has 1 aromatic carbocycles. The zero-order valence-electron chi connectivity index (χ0n) is 24.6. The molecule has 0 radical (unpaired) electrons. The fraction of sp³-hybridized carbons (Fsp3) is 0.500. The van der Waals surface area contributed by atoms with Gasteiger partial charge in [-0.25, -0.2) is 5.43 Å². The molecule has 0 aliphatic carbocycles. The lowest BCUT2D eigenvalue weighted by Crippen LogP contribution is -2.62. The number of aliphatic hydroxyl groups is 1. The monoisotopic (exact) mass is 567 g/mol. The van der Waals surface area contributed by atoms with Crippen molar-refractivity contribution in [2.75, 3.05) is 20.2 Å². The molecule has 3 amide bonds. The first-order valence-corrected chi connectivity index (χ1v) is 13.9. The van der Waals surface area contributed by atoms with E-state index in [0.29, 0.717) is 19.4 Å². The number of likely N-dealkylation sites (N-methyl/N-ethyl adjacent to an activating group) is 1. The molecule has 3 rings (SSSR count). The van der Waals surface area contributed by atoms with Gasteiger partial charge in [0.1, 0.15) is 12.1 Å². The van der Waals surface area contributed by atoms with Crippen molar-refractivity contribution in [3.63, 3.8) is 0 Å². The van der Waals surface area contributed by atoms with Gasteiger partial charge in [0.25, 0.3) is 11.8 Å². The zero-order chi connectivity index (χ0) is 30.3. The first kappa shape index (κ1) is 31.7. The Morgan fingerprint density at radius 3 is 2.56 bits per heavy atom. The summed E-state index contributed by atoms with van der Waals surface area (Å²) in [6, 6.07) is 7.66. The number of aliphatic hydroxyl groups excluding tert-OH is 1. The first-order valence-electron chi connectivity index (χ1n) is 13.9. The van der Waals surface area contributed by atoms with E-state index in [-0.39, 0.29) is 17.9 Å². The summed E-state index contributed by atoms with van der Waals surface area (Å²) in [5.41, 5.74) is 5.60. The van der Waals surface area contributed by atoms with Gasteiger partial charge in [-0.05, 0) is 50.3 Å². The largest absolute Gasteiger partial charge is 0.452 e. The van der Waals surface area contributed by atoms with Crippen LogP contribution in [-0.2, 0) is 23.9 Å². The number of hydrazine groups is 1. The number of hydrogen-bond donors (Lipinski definition) is 3. The average molecular weight is 568 g/mol. The minimum Gasteiger partial charge on any atom is -0.452 e. The Morgan fingerprint density at radius 1 is 1.22 bits per heavy atom. The number of carbonyl (C=O) groups excluding carboxylic acids is 4. The van der Waals surface area contributed by atoms with E-state index < -0.39 is 42.6 Å². The van der Waals surface area contributed by atoms with Gasteiger partial charge in [-0.15, -0.1) is 0 Å². The smallest absolute Gasteiger partial charge is 0.303 e. The minimum absolute atomic E-state index is 0.209. The lowest BCUT2D eigenvalue weighted by Gasteiger charge is -2.37. The number of fused-ring (bicyclic) bond motifs is 1. The van der Waals surface area contributed by atoms with Gasteiger partial charge in [-0.2, -0.15) is 0 Å². The molecule has 3 N–H and O–H groups in total. The average Bonchev–Trinajstić information content (AvgIpc) is 2.96. The van der Waals surface area contributed by atoms with Gasteiger partial charge >= 0.3 is 5.97 Å². The van der Waals surface area contributed by atoms with Crippen molar-refractivity contribution >= 4 is 40.7 Å². The Kier molecular flexibility index (Phi) is 11.0. The molecule has 41 heavy (non-hydrogen) atoms. The molecule has 1 aromatic heterocycles. The number of hydrogen-bond acceptors (Lipinski definition) is 8. The Morgan fingerprint density at radius 2 is 1.93 bits per heavy atom. The number of ether oxygens (including phenoxy) is 1. The first-order chi connectivity index (χ1) is 19.5. The molecular weight excluding hydrogens is 526 g/mol. The fourth-order valence-corrected chi connectivity index (χ4v) is 4.74. The van der Waals surface area contributed by atoms with Gasteiger partial charge in [0, 0.05) is 25.9 Å². The number of pyridine rings is 1. The Balaban J connectivity index is 1.68. The molecule has 11 nitrogen and oxygen atoms in total. The molecule has 1 aliphatic heterocycles. The topological polar surface area (TPSA) is 141 Å². The molecule has 1 fully saturated rings. The summed E-state index contributed by atoms with van der Waals surface area (Å²) in [6.45, 7) is 8.10. The molecule has 0 bridgehead atoms. The SMILES string of the molecule is C/C=C/c1ccc2ccc([C@@H](C)N(C)C(=O)[C@@H]3CCCN(C(=O)[C@H](CO)NC(=O)[C@@H](OC(C)=O)C(C)C)N3)nc2c1. The summed E-state index contributed by atoms with van der Waals surface area (Å²) in [5, 5.41) is 14.6. The molecule has 222 valence electrons. The Labute approximate surface area is 240 Å². The van der Waals surface area contributed by atoms with Crippen molar-refractivity contribution in [2.45, 2.75) is 71.7 Å². The van der Waals surface area contributed by atoms with Gasteiger partial charge in [0.2, 0.25) is 5.91 Å². The van der Waals surface area contributed by atoms with Crippen LogP contribution in [0.25, 0.3) is 17.0 Å². The predicted molar refractivity (Wildman–Crippen MR) is 155 cm³/mol. The van der Waals surface area contributed by atoms with Gasteiger partial charge in [-0.1, -0.05) is 44.2 Å². The molecule has 0 spiro atoms. The van der Waals surface area contributed by atoms with Crippen LogP contribution in [0.1, 0.15) is 64.8 Å². The number of carbonyl (C=O) groups is 4. The van der Waals surface area contributed by atoms with Crippen molar-refractivity contribution in [2.24, 2.45) is 5.92 Å². The van der Waals surface area contributed by atoms with E-state index in [2.05, 4.69) is 10.7 Å². The standard InChI is InChI=1S/C30H41N5O6/c1-7-9-21-11-12-22-13-14-23(31-25(22)16-21)19(4)34(6)29(39)24-10-8-15-35(33-24)30(40)26(17-36)32-28(38)27(18(2)3)41-20(5)37/h7,9,11-14,16,18-19,24,26-27,33,36H,8,10,15,17H2,1-6H3,(H,32,38)/b9-7+/t19-,24+,26+,27+/m1/s1. The second kappa shape index (κ2) is 14.2. The van der Waals surface area contributed by atoms with Crippen LogP contribution in [-0.4, -0.2) is 82.1 Å². The van der Waals surface area contributed by atoms with Gasteiger partial charge in [0.05, 0.1) is 23.9 Å². The summed E-state index contributed by atoms with van der Waals surface area (Å²) >= 11 is 0. The normalized spacial score (nSPS) is 17.8. The third kappa shape index (κ3) is 7.89. The van der Waals surface area contributed by atoms with Gasteiger partial charge < -0.3 is 20.1 Å². The molecule has 1 aliphatic rings. The van der Waals surface area contributed by atoms with Crippen LogP contribution < -0.4 is 10.7 Å². The number of allylic oxidation sites excluding steroid dienone is 1. The Bertz CT molecular complexity index is 1300. The predicted octanol–water partition coefficient (Wildman–Crippen LogP) is 2.35. The third-order valence-corrected chi connectivity index (χ3v) is 7.16. The van der Waals surface area contributed by atoms with Crippen LogP contribution in [0.15, 0.2) is 36.4 Å². The summed E-state index contributed by atoms with van der Waals surface area (Å²) in [7, 11) is 1.70. The second-order valence-corrected chi connectivity index (χ2v) is 10.6. The highest BCUT2D eigenvalue weighted by Crippen LogP contribution is 2.23. The van der Waals surface area contributed by atoms with Crippen LogP contribution in [0.4, 0.5) is 0 Å². The Hall–Kier alpha value is -3.83. The van der Waals surface area contributed by atoms with Crippen molar-refractivity contribution in [3.8, 4) is 0 Å². The van der Waals surface area contributed by atoms with E-state index in [1.54, 1.807) is 25.8 Å². The van der Waals surface area contributed by atoms with E-state index in [1.165, 1.54) is 11.9 Å². The second-order valence-electron chi connectivity index (χ2n) is 10.6.